The number of nitrogens with one attached hydrogen (secondary N) is 2. The summed E-state index contributed by atoms with van der Waals surface area (Å²) in [6.45, 7) is 6.60. The molecule has 2 saturated heterocycles. The van der Waals surface area contributed by atoms with Crippen LogP contribution in [0.4, 0.5) is 5.69 Å². The Kier molecular flexibility index (Phi) is 5.19. The molecule has 3 atom stereocenters. The van der Waals surface area contributed by atoms with Gasteiger partial charge in [0.25, 0.3) is 0 Å². The fraction of sp³-hybridized carbons (Fsp3) is 0.579. The molecule has 3 rings (SSSR count). The molecule has 0 saturated carbocycles. The third-order valence-corrected chi connectivity index (χ3v) is 5.27. The number of amides is 2. The van der Waals surface area contributed by atoms with Crippen molar-refractivity contribution >= 4 is 17.5 Å². The van der Waals surface area contributed by atoms with Gasteiger partial charge in [-0.2, -0.15) is 0 Å². The molecule has 0 aliphatic carbocycles. The molecule has 2 heterocycles. The van der Waals surface area contributed by atoms with E-state index < -0.39 is 0 Å². The fourth-order valence-electron chi connectivity index (χ4n) is 3.72. The molecule has 1 aromatic carbocycles. The van der Waals surface area contributed by atoms with E-state index in [-0.39, 0.29) is 23.8 Å². The van der Waals surface area contributed by atoms with Gasteiger partial charge in [0.1, 0.15) is 0 Å². The summed E-state index contributed by atoms with van der Waals surface area (Å²) in [7, 11) is 0. The highest BCUT2D eigenvalue weighted by Gasteiger charge is 2.37. The molecule has 0 radical (unpaired) electrons. The SMILES string of the molecule is CCc1ccccc1N1CC(C(=O)NC2CCNCC2C)CC1=O. The molecule has 1 aromatic rings. The van der Waals surface area contributed by atoms with Crippen molar-refractivity contribution in [2.75, 3.05) is 24.5 Å². The van der Waals surface area contributed by atoms with E-state index in [4.69, 9.17) is 0 Å². The quantitative estimate of drug-likeness (QED) is 0.884. The van der Waals surface area contributed by atoms with Crippen LogP contribution in [-0.2, 0) is 16.0 Å². The second kappa shape index (κ2) is 7.34. The summed E-state index contributed by atoms with van der Waals surface area (Å²) in [5, 5.41) is 6.52. The van der Waals surface area contributed by atoms with E-state index in [1.54, 1.807) is 4.90 Å². The van der Waals surface area contributed by atoms with Crippen molar-refractivity contribution in [3.05, 3.63) is 29.8 Å². The molecule has 5 nitrogen and oxygen atoms in total. The van der Waals surface area contributed by atoms with Crippen molar-refractivity contribution < 1.29 is 9.59 Å². The van der Waals surface area contributed by atoms with Gasteiger partial charge in [0.15, 0.2) is 0 Å². The molecule has 5 heteroatoms. The van der Waals surface area contributed by atoms with Crippen LogP contribution < -0.4 is 15.5 Å². The number of carbonyl (C=O) groups excluding carboxylic acids is 2. The van der Waals surface area contributed by atoms with Crippen molar-refractivity contribution in [3.63, 3.8) is 0 Å². The number of rotatable bonds is 4. The van der Waals surface area contributed by atoms with Crippen LogP contribution >= 0.6 is 0 Å². The summed E-state index contributed by atoms with van der Waals surface area (Å²) in [6.07, 6.45) is 2.14. The van der Waals surface area contributed by atoms with Crippen molar-refractivity contribution in [2.45, 2.75) is 39.2 Å². The van der Waals surface area contributed by atoms with E-state index in [0.717, 1.165) is 37.2 Å². The standard InChI is InChI=1S/C19H27N3O2/c1-3-14-6-4-5-7-17(14)22-12-15(10-18(22)23)19(24)21-16-8-9-20-11-13(16)2/h4-7,13,15-16,20H,3,8-12H2,1-2H3,(H,21,24). The lowest BCUT2D eigenvalue weighted by Gasteiger charge is -2.31. The van der Waals surface area contributed by atoms with Crippen LogP contribution in [0.5, 0.6) is 0 Å². The monoisotopic (exact) mass is 329 g/mol. The molecule has 0 bridgehead atoms. The van der Waals surface area contributed by atoms with Gasteiger partial charge in [-0.1, -0.05) is 32.0 Å². The summed E-state index contributed by atoms with van der Waals surface area (Å²) in [5.74, 6) is 0.259. The molecular weight excluding hydrogens is 302 g/mol. The third kappa shape index (κ3) is 3.46. The second-order valence-corrected chi connectivity index (χ2v) is 6.97. The van der Waals surface area contributed by atoms with Crippen LogP contribution in [0, 0.1) is 11.8 Å². The van der Waals surface area contributed by atoms with E-state index in [9.17, 15) is 9.59 Å². The topological polar surface area (TPSA) is 61.4 Å². The zero-order valence-electron chi connectivity index (χ0n) is 14.5. The van der Waals surface area contributed by atoms with Gasteiger partial charge in [0.05, 0.1) is 5.92 Å². The first kappa shape index (κ1) is 17.0. The Morgan fingerprint density at radius 1 is 1.38 bits per heavy atom. The predicted molar refractivity (Wildman–Crippen MR) is 94.9 cm³/mol. The van der Waals surface area contributed by atoms with Gasteiger partial charge in [-0.3, -0.25) is 9.59 Å². The molecule has 2 aliphatic heterocycles. The number of nitrogens with zero attached hydrogens (tertiary/aromatic N) is 1. The first-order valence-electron chi connectivity index (χ1n) is 8.99. The highest BCUT2D eigenvalue weighted by atomic mass is 16.2. The van der Waals surface area contributed by atoms with Gasteiger partial charge < -0.3 is 15.5 Å². The van der Waals surface area contributed by atoms with Crippen LogP contribution in [0.1, 0.15) is 32.3 Å². The normalized spacial score (nSPS) is 27.3. The zero-order valence-corrected chi connectivity index (χ0v) is 14.5. The van der Waals surface area contributed by atoms with Crippen LogP contribution in [-0.4, -0.2) is 37.5 Å². The Labute approximate surface area is 143 Å². The summed E-state index contributed by atoms with van der Waals surface area (Å²) in [6, 6.07) is 8.18. The Bertz CT molecular complexity index is 616. The van der Waals surface area contributed by atoms with Gasteiger partial charge in [0, 0.05) is 24.7 Å². The number of para-hydroxylation sites is 1. The van der Waals surface area contributed by atoms with Crippen molar-refractivity contribution in [2.24, 2.45) is 11.8 Å². The van der Waals surface area contributed by atoms with Crippen LogP contribution in [0.2, 0.25) is 0 Å². The highest BCUT2D eigenvalue weighted by Crippen LogP contribution is 2.28. The summed E-state index contributed by atoms with van der Waals surface area (Å²) >= 11 is 0. The maximum atomic E-state index is 12.6. The summed E-state index contributed by atoms with van der Waals surface area (Å²) in [4.78, 5) is 26.9. The molecule has 24 heavy (non-hydrogen) atoms. The van der Waals surface area contributed by atoms with Crippen LogP contribution in [0.15, 0.2) is 24.3 Å². The molecule has 3 unspecified atom stereocenters. The number of hydrogen-bond acceptors (Lipinski definition) is 3. The van der Waals surface area contributed by atoms with Gasteiger partial charge in [-0.15, -0.1) is 0 Å². The number of piperidine rings is 1. The van der Waals surface area contributed by atoms with Gasteiger partial charge in [0.2, 0.25) is 11.8 Å². The molecule has 2 fully saturated rings. The van der Waals surface area contributed by atoms with Gasteiger partial charge in [-0.25, -0.2) is 0 Å². The van der Waals surface area contributed by atoms with E-state index in [1.807, 2.05) is 24.3 Å². The molecule has 0 aromatic heterocycles. The minimum Gasteiger partial charge on any atom is -0.353 e. The lowest BCUT2D eigenvalue weighted by Crippen LogP contribution is -2.50. The van der Waals surface area contributed by atoms with E-state index in [0.29, 0.717) is 18.9 Å². The average Bonchev–Trinajstić information content (AvgIpc) is 2.98. The second-order valence-electron chi connectivity index (χ2n) is 6.97. The summed E-state index contributed by atoms with van der Waals surface area (Å²) in [5.41, 5.74) is 2.11. The predicted octanol–water partition coefficient (Wildman–Crippen LogP) is 1.72. The zero-order chi connectivity index (χ0) is 17.1. The molecule has 2 aliphatic rings. The molecule has 0 spiro atoms. The minimum atomic E-state index is -0.246. The minimum absolute atomic E-state index is 0.0265. The Balaban J connectivity index is 1.67. The maximum Gasteiger partial charge on any atom is 0.227 e. The number of aryl methyl sites for hydroxylation is 1. The van der Waals surface area contributed by atoms with Crippen molar-refractivity contribution in [3.8, 4) is 0 Å². The third-order valence-electron chi connectivity index (χ3n) is 5.27. The largest absolute Gasteiger partial charge is 0.353 e. The number of carbonyl (C=O) groups is 2. The van der Waals surface area contributed by atoms with Gasteiger partial charge >= 0.3 is 0 Å². The first-order chi connectivity index (χ1) is 11.6. The number of benzene rings is 1. The summed E-state index contributed by atoms with van der Waals surface area (Å²) < 4.78 is 0. The average molecular weight is 329 g/mol. The molecule has 2 N–H and O–H groups in total. The van der Waals surface area contributed by atoms with E-state index in [1.165, 1.54) is 0 Å². The number of anilines is 1. The Hall–Kier alpha value is -1.88. The van der Waals surface area contributed by atoms with Crippen molar-refractivity contribution in [1.82, 2.24) is 10.6 Å². The molecule has 130 valence electrons. The first-order valence-corrected chi connectivity index (χ1v) is 8.99. The lowest BCUT2D eigenvalue weighted by molar-refractivity contribution is -0.127. The van der Waals surface area contributed by atoms with E-state index in [2.05, 4.69) is 24.5 Å². The van der Waals surface area contributed by atoms with Crippen molar-refractivity contribution in [1.29, 1.82) is 0 Å². The van der Waals surface area contributed by atoms with Gasteiger partial charge in [-0.05, 0) is 43.5 Å². The highest BCUT2D eigenvalue weighted by molar-refractivity contribution is 6.00. The Morgan fingerprint density at radius 3 is 2.92 bits per heavy atom. The smallest absolute Gasteiger partial charge is 0.227 e. The maximum absolute atomic E-state index is 12.6. The molecular formula is C19H27N3O2. The van der Waals surface area contributed by atoms with Crippen LogP contribution in [0.25, 0.3) is 0 Å². The fourth-order valence-corrected chi connectivity index (χ4v) is 3.72. The molecule has 2 amide bonds. The number of hydrogen-bond donors (Lipinski definition) is 2. The lowest BCUT2D eigenvalue weighted by atomic mass is 9.94. The van der Waals surface area contributed by atoms with E-state index >= 15 is 0 Å². The Morgan fingerprint density at radius 2 is 2.17 bits per heavy atom. The van der Waals surface area contributed by atoms with Crippen LogP contribution in [0.3, 0.4) is 0 Å².